The topological polar surface area (TPSA) is 79.2 Å². The van der Waals surface area contributed by atoms with Crippen LogP contribution >= 0.6 is 0 Å². The number of nitrogens with zero attached hydrogens (tertiary/aromatic N) is 2. The van der Waals surface area contributed by atoms with E-state index in [9.17, 15) is 14.3 Å². The standard InChI is InChI=1S/C17H21FN4O2/c18-14-9-13(3-4-15(14)22-8-7-19-12-22)10-20-16(23)21-11-17(24)5-1-2-6-17/h3-4,7-9,12,24H,1-2,5-6,10-11H2,(H2,20,21,23). The summed E-state index contributed by atoms with van der Waals surface area (Å²) in [6.07, 6.45) is 8.18. The molecule has 0 spiro atoms. The Morgan fingerprint density at radius 1 is 1.33 bits per heavy atom. The van der Waals surface area contributed by atoms with Crippen LogP contribution in [-0.4, -0.2) is 32.8 Å². The van der Waals surface area contributed by atoms with E-state index in [-0.39, 0.29) is 24.9 Å². The van der Waals surface area contributed by atoms with Crippen molar-refractivity contribution in [1.29, 1.82) is 0 Å². The quantitative estimate of drug-likeness (QED) is 0.785. The van der Waals surface area contributed by atoms with Crippen molar-refractivity contribution in [3.05, 3.63) is 48.3 Å². The fourth-order valence-corrected chi connectivity index (χ4v) is 2.97. The maximum Gasteiger partial charge on any atom is 0.315 e. The van der Waals surface area contributed by atoms with E-state index in [1.165, 1.54) is 12.4 Å². The molecule has 0 bridgehead atoms. The lowest BCUT2D eigenvalue weighted by molar-refractivity contribution is 0.0501. The molecule has 3 rings (SSSR count). The number of hydrogen-bond acceptors (Lipinski definition) is 3. The molecule has 1 aromatic carbocycles. The molecule has 2 amide bonds. The molecule has 0 radical (unpaired) electrons. The summed E-state index contributed by atoms with van der Waals surface area (Å²) >= 11 is 0. The van der Waals surface area contributed by atoms with E-state index in [1.54, 1.807) is 29.1 Å². The summed E-state index contributed by atoms with van der Waals surface area (Å²) in [5.74, 6) is -0.382. The van der Waals surface area contributed by atoms with Crippen LogP contribution in [0.5, 0.6) is 0 Å². The molecule has 0 aliphatic heterocycles. The first-order valence-electron chi connectivity index (χ1n) is 8.07. The zero-order chi connectivity index (χ0) is 17.0. The Kier molecular flexibility index (Phi) is 4.80. The number of carbonyl (C=O) groups is 1. The molecule has 7 heteroatoms. The van der Waals surface area contributed by atoms with Gasteiger partial charge in [-0.1, -0.05) is 18.9 Å². The van der Waals surface area contributed by atoms with Gasteiger partial charge in [0.15, 0.2) is 0 Å². The van der Waals surface area contributed by atoms with Gasteiger partial charge in [-0.25, -0.2) is 14.2 Å². The molecule has 1 fully saturated rings. The third-order valence-corrected chi connectivity index (χ3v) is 4.36. The molecule has 1 aromatic heterocycles. The third-order valence-electron chi connectivity index (χ3n) is 4.36. The predicted molar refractivity (Wildman–Crippen MR) is 87.2 cm³/mol. The maximum atomic E-state index is 14.1. The van der Waals surface area contributed by atoms with Crippen LogP contribution < -0.4 is 10.6 Å². The number of imidazole rings is 1. The van der Waals surface area contributed by atoms with E-state index in [0.29, 0.717) is 24.1 Å². The number of carbonyl (C=O) groups excluding carboxylic acids is 1. The Hall–Kier alpha value is -2.41. The van der Waals surface area contributed by atoms with E-state index in [1.807, 2.05) is 0 Å². The smallest absolute Gasteiger partial charge is 0.315 e. The van der Waals surface area contributed by atoms with E-state index in [2.05, 4.69) is 15.6 Å². The number of halogens is 1. The lowest BCUT2D eigenvalue weighted by Crippen LogP contribution is -2.44. The molecule has 0 atom stereocenters. The highest BCUT2D eigenvalue weighted by Crippen LogP contribution is 2.28. The molecule has 0 unspecified atom stereocenters. The average molecular weight is 332 g/mol. The van der Waals surface area contributed by atoms with Crippen molar-refractivity contribution in [3.8, 4) is 5.69 Å². The van der Waals surface area contributed by atoms with Crippen molar-refractivity contribution in [3.63, 3.8) is 0 Å². The molecule has 1 saturated carbocycles. The number of nitrogens with one attached hydrogen (secondary N) is 2. The average Bonchev–Trinajstić information content (AvgIpc) is 3.23. The SMILES string of the molecule is O=C(NCc1ccc(-n2ccnc2)c(F)c1)NCC1(O)CCCC1. The number of aliphatic hydroxyl groups is 1. The molecule has 128 valence electrons. The maximum absolute atomic E-state index is 14.1. The lowest BCUT2D eigenvalue weighted by Gasteiger charge is -2.22. The van der Waals surface area contributed by atoms with Gasteiger partial charge in [-0.3, -0.25) is 0 Å². The first kappa shape index (κ1) is 16.4. The van der Waals surface area contributed by atoms with E-state index in [4.69, 9.17) is 0 Å². The summed E-state index contributed by atoms with van der Waals surface area (Å²) in [4.78, 5) is 15.7. The van der Waals surface area contributed by atoms with Gasteiger partial charge in [0.2, 0.25) is 0 Å². The first-order chi connectivity index (χ1) is 11.6. The summed E-state index contributed by atoms with van der Waals surface area (Å²) in [5, 5.41) is 15.5. The summed E-state index contributed by atoms with van der Waals surface area (Å²) in [6, 6.07) is 4.42. The fraction of sp³-hybridized carbons (Fsp3) is 0.412. The fourth-order valence-electron chi connectivity index (χ4n) is 2.97. The van der Waals surface area contributed by atoms with Gasteiger partial charge in [0.1, 0.15) is 5.82 Å². The Labute approximate surface area is 139 Å². The minimum Gasteiger partial charge on any atom is -0.388 e. The summed E-state index contributed by atoms with van der Waals surface area (Å²) in [5.41, 5.74) is 0.283. The van der Waals surface area contributed by atoms with Crippen molar-refractivity contribution in [2.75, 3.05) is 6.54 Å². The minimum atomic E-state index is -0.782. The highest BCUT2D eigenvalue weighted by Gasteiger charge is 2.31. The molecule has 24 heavy (non-hydrogen) atoms. The Morgan fingerprint density at radius 2 is 2.12 bits per heavy atom. The van der Waals surface area contributed by atoms with Crippen LogP contribution in [0, 0.1) is 5.82 Å². The number of rotatable bonds is 5. The monoisotopic (exact) mass is 332 g/mol. The summed E-state index contributed by atoms with van der Waals surface area (Å²) in [6.45, 7) is 0.457. The molecule has 2 aromatic rings. The second kappa shape index (κ2) is 7.00. The van der Waals surface area contributed by atoms with E-state index in [0.717, 1.165) is 12.8 Å². The Bertz CT molecular complexity index is 697. The number of amides is 2. The van der Waals surface area contributed by atoms with Gasteiger partial charge in [-0.2, -0.15) is 0 Å². The van der Waals surface area contributed by atoms with Crippen molar-refractivity contribution in [2.45, 2.75) is 37.8 Å². The van der Waals surface area contributed by atoms with Gasteiger partial charge < -0.3 is 20.3 Å². The van der Waals surface area contributed by atoms with Crippen LogP contribution in [0.4, 0.5) is 9.18 Å². The van der Waals surface area contributed by atoms with Gasteiger partial charge in [-0.05, 0) is 30.5 Å². The predicted octanol–water partition coefficient (Wildman–Crippen LogP) is 2.12. The molecular weight excluding hydrogens is 311 g/mol. The van der Waals surface area contributed by atoms with E-state index < -0.39 is 5.60 Å². The van der Waals surface area contributed by atoms with Crippen molar-refractivity contribution >= 4 is 6.03 Å². The molecule has 1 heterocycles. The highest BCUT2D eigenvalue weighted by molar-refractivity contribution is 5.73. The molecule has 6 nitrogen and oxygen atoms in total. The molecule has 0 saturated heterocycles. The third kappa shape index (κ3) is 3.91. The summed E-state index contributed by atoms with van der Waals surface area (Å²) in [7, 11) is 0. The summed E-state index contributed by atoms with van der Waals surface area (Å²) < 4.78 is 15.7. The van der Waals surface area contributed by atoms with Crippen LogP contribution in [0.15, 0.2) is 36.9 Å². The van der Waals surface area contributed by atoms with Gasteiger partial charge in [0.25, 0.3) is 0 Å². The van der Waals surface area contributed by atoms with Crippen molar-refractivity contribution in [2.24, 2.45) is 0 Å². The largest absolute Gasteiger partial charge is 0.388 e. The number of benzene rings is 1. The van der Waals surface area contributed by atoms with E-state index >= 15 is 0 Å². The molecule has 1 aliphatic rings. The number of aromatic nitrogens is 2. The Balaban J connectivity index is 1.51. The van der Waals surface area contributed by atoms with Gasteiger partial charge in [-0.15, -0.1) is 0 Å². The second-order valence-electron chi connectivity index (χ2n) is 6.22. The van der Waals surface area contributed by atoms with Crippen LogP contribution in [-0.2, 0) is 6.54 Å². The highest BCUT2D eigenvalue weighted by atomic mass is 19.1. The van der Waals surface area contributed by atoms with Crippen LogP contribution in [0.3, 0.4) is 0 Å². The molecular formula is C17H21FN4O2. The molecule has 1 aliphatic carbocycles. The first-order valence-corrected chi connectivity index (χ1v) is 8.07. The van der Waals surface area contributed by atoms with Crippen molar-refractivity contribution in [1.82, 2.24) is 20.2 Å². The second-order valence-corrected chi connectivity index (χ2v) is 6.22. The Morgan fingerprint density at radius 3 is 2.79 bits per heavy atom. The van der Waals surface area contributed by atoms with Crippen molar-refractivity contribution < 1.29 is 14.3 Å². The zero-order valence-electron chi connectivity index (χ0n) is 13.3. The van der Waals surface area contributed by atoms with Crippen LogP contribution in [0.25, 0.3) is 5.69 Å². The number of urea groups is 1. The lowest BCUT2D eigenvalue weighted by atomic mass is 10.0. The normalized spacial score (nSPS) is 16.1. The van der Waals surface area contributed by atoms with Gasteiger partial charge in [0.05, 0.1) is 17.6 Å². The van der Waals surface area contributed by atoms with Gasteiger partial charge >= 0.3 is 6.03 Å². The van der Waals surface area contributed by atoms with Crippen LogP contribution in [0.2, 0.25) is 0 Å². The number of hydrogen-bond donors (Lipinski definition) is 3. The zero-order valence-corrected chi connectivity index (χ0v) is 13.3. The van der Waals surface area contributed by atoms with Crippen LogP contribution in [0.1, 0.15) is 31.2 Å². The minimum absolute atomic E-state index is 0.214. The molecule has 3 N–H and O–H groups in total. The van der Waals surface area contributed by atoms with Gasteiger partial charge in [0, 0.05) is 25.5 Å².